The molecule has 0 aliphatic carbocycles. The summed E-state index contributed by atoms with van der Waals surface area (Å²) in [7, 11) is 3.71. The Bertz CT molecular complexity index is 434. The van der Waals surface area contributed by atoms with Gasteiger partial charge in [-0.1, -0.05) is 6.07 Å². The molecular formula is C12H17N3O2. The highest BCUT2D eigenvalue weighted by Gasteiger charge is 2.22. The van der Waals surface area contributed by atoms with E-state index in [1.165, 1.54) is 0 Å². The third kappa shape index (κ3) is 2.40. The first-order valence-corrected chi connectivity index (χ1v) is 5.52. The SMILES string of the molecule is CN(CN)Cc1ccc2c(c1)N(C)C(=O)CO2. The summed E-state index contributed by atoms with van der Waals surface area (Å²) in [5, 5.41) is 0. The molecule has 2 rings (SSSR count). The molecule has 17 heavy (non-hydrogen) atoms. The zero-order chi connectivity index (χ0) is 12.4. The van der Waals surface area contributed by atoms with Gasteiger partial charge in [0.25, 0.3) is 5.91 Å². The standard InChI is InChI=1S/C12H17N3O2/c1-14(8-13)6-9-3-4-11-10(5-9)15(2)12(16)7-17-11/h3-5H,6-8,13H2,1-2H3. The van der Waals surface area contributed by atoms with E-state index in [2.05, 4.69) is 0 Å². The van der Waals surface area contributed by atoms with Crippen molar-refractivity contribution in [3.63, 3.8) is 0 Å². The summed E-state index contributed by atoms with van der Waals surface area (Å²) in [6.07, 6.45) is 0. The second kappa shape index (κ2) is 4.73. The normalized spacial score (nSPS) is 14.8. The predicted octanol–water partition coefficient (Wildman–Crippen LogP) is 0.390. The molecular weight excluding hydrogens is 218 g/mol. The van der Waals surface area contributed by atoms with Crippen LogP contribution in [0, 0.1) is 0 Å². The summed E-state index contributed by atoms with van der Waals surface area (Å²) in [5.41, 5.74) is 7.48. The Balaban J connectivity index is 2.26. The van der Waals surface area contributed by atoms with Crippen LogP contribution in [-0.2, 0) is 11.3 Å². The van der Waals surface area contributed by atoms with Crippen molar-refractivity contribution in [2.75, 3.05) is 32.3 Å². The number of carbonyl (C=O) groups is 1. The van der Waals surface area contributed by atoms with Gasteiger partial charge in [0.1, 0.15) is 5.75 Å². The quantitative estimate of drug-likeness (QED) is 0.770. The molecule has 1 amide bonds. The van der Waals surface area contributed by atoms with E-state index in [-0.39, 0.29) is 12.5 Å². The molecule has 1 aromatic rings. The number of likely N-dealkylation sites (N-methyl/N-ethyl adjacent to an activating group) is 1. The number of amides is 1. The summed E-state index contributed by atoms with van der Waals surface area (Å²) < 4.78 is 5.36. The maximum Gasteiger partial charge on any atom is 0.264 e. The van der Waals surface area contributed by atoms with Gasteiger partial charge < -0.3 is 15.4 Å². The second-order valence-corrected chi connectivity index (χ2v) is 4.24. The van der Waals surface area contributed by atoms with Crippen molar-refractivity contribution in [2.45, 2.75) is 6.54 Å². The summed E-state index contributed by atoms with van der Waals surface area (Å²) in [6.45, 7) is 1.37. The minimum Gasteiger partial charge on any atom is -0.482 e. The van der Waals surface area contributed by atoms with Crippen LogP contribution in [0.2, 0.25) is 0 Å². The van der Waals surface area contributed by atoms with E-state index in [0.29, 0.717) is 6.67 Å². The molecule has 0 spiro atoms. The van der Waals surface area contributed by atoms with E-state index < -0.39 is 0 Å². The monoisotopic (exact) mass is 235 g/mol. The molecule has 0 unspecified atom stereocenters. The summed E-state index contributed by atoms with van der Waals surface area (Å²) >= 11 is 0. The average Bonchev–Trinajstić information content (AvgIpc) is 2.34. The molecule has 0 radical (unpaired) electrons. The van der Waals surface area contributed by atoms with Crippen LogP contribution >= 0.6 is 0 Å². The average molecular weight is 235 g/mol. The first-order chi connectivity index (χ1) is 8.11. The maximum absolute atomic E-state index is 11.5. The molecule has 0 saturated heterocycles. The Labute approximate surface area is 101 Å². The van der Waals surface area contributed by atoms with Gasteiger partial charge in [-0.3, -0.25) is 9.69 Å². The summed E-state index contributed by atoms with van der Waals surface area (Å²) in [4.78, 5) is 15.1. The molecule has 1 heterocycles. The van der Waals surface area contributed by atoms with Crippen LogP contribution in [0.15, 0.2) is 18.2 Å². The highest BCUT2D eigenvalue weighted by molar-refractivity contribution is 5.97. The molecule has 1 aliphatic heterocycles. The zero-order valence-corrected chi connectivity index (χ0v) is 10.1. The number of benzene rings is 1. The lowest BCUT2D eigenvalue weighted by Crippen LogP contribution is -2.35. The minimum atomic E-state index is -0.0261. The highest BCUT2D eigenvalue weighted by Crippen LogP contribution is 2.32. The highest BCUT2D eigenvalue weighted by atomic mass is 16.5. The molecule has 1 aromatic carbocycles. The van der Waals surface area contributed by atoms with Crippen molar-refractivity contribution in [1.29, 1.82) is 0 Å². The van der Waals surface area contributed by atoms with Gasteiger partial charge in [-0.2, -0.15) is 0 Å². The number of hydrogen-bond acceptors (Lipinski definition) is 4. The molecule has 5 nitrogen and oxygen atoms in total. The Morgan fingerprint density at radius 3 is 3.00 bits per heavy atom. The van der Waals surface area contributed by atoms with Gasteiger partial charge in [0.15, 0.2) is 6.61 Å². The van der Waals surface area contributed by atoms with Gasteiger partial charge in [0.05, 0.1) is 5.69 Å². The van der Waals surface area contributed by atoms with E-state index in [9.17, 15) is 4.79 Å². The van der Waals surface area contributed by atoms with Crippen LogP contribution in [0.25, 0.3) is 0 Å². The van der Waals surface area contributed by atoms with Gasteiger partial charge in [-0.25, -0.2) is 0 Å². The molecule has 0 bridgehead atoms. The Morgan fingerprint density at radius 2 is 2.29 bits per heavy atom. The van der Waals surface area contributed by atoms with Crippen molar-refractivity contribution in [3.05, 3.63) is 23.8 Å². The summed E-state index contributed by atoms with van der Waals surface area (Å²) in [6, 6.07) is 5.87. The fourth-order valence-corrected chi connectivity index (χ4v) is 1.79. The second-order valence-electron chi connectivity index (χ2n) is 4.24. The van der Waals surface area contributed by atoms with Crippen LogP contribution in [0.5, 0.6) is 5.75 Å². The van der Waals surface area contributed by atoms with Crippen LogP contribution in [0.1, 0.15) is 5.56 Å². The molecule has 1 aliphatic rings. The van der Waals surface area contributed by atoms with Crippen molar-refractivity contribution in [2.24, 2.45) is 5.73 Å². The molecule has 5 heteroatoms. The Kier molecular flexibility index (Phi) is 3.31. The van der Waals surface area contributed by atoms with Gasteiger partial charge in [-0.05, 0) is 24.7 Å². The number of anilines is 1. The Hall–Kier alpha value is -1.59. The van der Waals surface area contributed by atoms with Crippen molar-refractivity contribution in [1.82, 2.24) is 4.90 Å². The van der Waals surface area contributed by atoms with Gasteiger partial charge in [0, 0.05) is 20.3 Å². The number of nitrogens with zero attached hydrogens (tertiary/aromatic N) is 2. The topological polar surface area (TPSA) is 58.8 Å². The maximum atomic E-state index is 11.5. The number of fused-ring (bicyclic) bond motifs is 1. The zero-order valence-electron chi connectivity index (χ0n) is 10.1. The van der Waals surface area contributed by atoms with Crippen molar-refractivity contribution < 1.29 is 9.53 Å². The number of ether oxygens (including phenoxy) is 1. The van der Waals surface area contributed by atoms with Gasteiger partial charge in [0.2, 0.25) is 0 Å². The molecule has 0 saturated carbocycles. The lowest BCUT2D eigenvalue weighted by atomic mass is 10.1. The number of hydrogen-bond donors (Lipinski definition) is 1. The van der Waals surface area contributed by atoms with Crippen LogP contribution < -0.4 is 15.4 Å². The lowest BCUT2D eigenvalue weighted by Gasteiger charge is -2.26. The van der Waals surface area contributed by atoms with Crippen LogP contribution in [0.4, 0.5) is 5.69 Å². The fraction of sp³-hybridized carbons (Fsp3) is 0.417. The van der Waals surface area contributed by atoms with E-state index in [1.54, 1.807) is 11.9 Å². The lowest BCUT2D eigenvalue weighted by molar-refractivity contribution is -0.120. The van der Waals surface area contributed by atoms with E-state index >= 15 is 0 Å². The third-order valence-electron chi connectivity index (χ3n) is 2.87. The molecule has 92 valence electrons. The largest absolute Gasteiger partial charge is 0.482 e. The predicted molar refractivity (Wildman–Crippen MR) is 65.9 cm³/mol. The van der Waals surface area contributed by atoms with Crippen molar-refractivity contribution in [3.8, 4) is 5.75 Å². The molecule has 0 atom stereocenters. The van der Waals surface area contributed by atoms with E-state index in [0.717, 1.165) is 23.5 Å². The minimum absolute atomic E-state index is 0.0261. The van der Waals surface area contributed by atoms with Crippen molar-refractivity contribution >= 4 is 11.6 Å². The fourth-order valence-electron chi connectivity index (χ4n) is 1.79. The van der Waals surface area contributed by atoms with E-state index in [1.807, 2.05) is 30.1 Å². The number of rotatable bonds is 3. The first-order valence-electron chi connectivity index (χ1n) is 5.52. The number of nitrogens with two attached hydrogens (primary N) is 1. The summed E-state index contributed by atoms with van der Waals surface area (Å²) in [5.74, 6) is 0.730. The smallest absolute Gasteiger partial charge is 0.264 e. The number of carbonyl (C=O) groups excluding carboxylic acids is 1. The molecule has 0 aromatic heterocycles. The van der Waals surface area contributed by atoms with Crippen LogP contribution in [-0.4, -0.2) is 38.2 Å². The Morgan fingerprint density at radius 1 is 1.53 bits per heavy atom. The van der Waals surface area contributed by atoms with Crippen LogP contribution in [0.3, 0.4) is 0 Å². The first kappa shape index (κ1) is 11.9. The third-order valence-corrected chi connectivity index (χ3v) is 2.87. The van der Waals surface area contributed by atoms with Gasteiger partial charge in [-0.15, -0.1) is 0 Å². The molecule has 2 N–H and O–H groups in total. The molecule has 0 fully saturated rings. The van der Waals surface area contributed by atoms with Gasteiger partial charge >= 0.3 is 0 Å². The van der Waals surface area contributed by atoms with E-state index in [4.69, 9.17) is 10.5 Å².